The molecule has 0 amide bonds. The SMILES string of the molecule is O=C(O)c1ccc(Nc2nc(-c3ccccc3)ccc2[N+](=O)[O-])cc1. The molecule has 1 aromatic heterocycles. The van der Waals surface area contributed by atoms with Gasteiger partial charge in [0.15, 0.2) is 0 Å². The van der Waals surface area contributed by atoms with Gasteiger partial charge < -0.3 is 10.4 Å². The van der Waals surface area contributed by atoms with Crippen molar-refractivity contribution in [2.75, 3.05) is 5.32 Å². The first-order chi connectivity index (χ1) is 12.0. The molecule has 0 aliphatic heterocycles. The molecule has 0 bridgehead atoms. The fourth-order valence-electron chi connectivity index (χ4n) is 2.29. The number of nitro groups is 1. The molecule has 25 heavy (non-hydrogen) atoms. The maximum atomic E-state index is 11.3. The lowest BCUT2D eigenvalue weighted by molar-refractivity contribution is -0.384. The Morgan fingerprint density at radius 3 is 2.28 bits per heavy atom. The second-order valence-electron chi connectivity index (χ2n) is 5.19. The molecule has 2 aromatic carbocycles. The molecule has 7 heteroatoms. The Bertz CT molecular complexity index is 925. The van der Waals surface area contributed by atoms with Gasteiger partial charge in [0.25, 0.3) is 0 Å². The van der Waals surface area contributed by atoms with Crippen molar-refractivity contribution < 1.29 is 14.8 Å². The molecule has 7 nitrogen and oxygen atoms in total. The van der Waals surface area contributed by atoms with E-state index in [1.165, 1.54) is 30.3 Å². The summed E-state index contributed by atoms with van der Waals surface area (Å²) in [5.41, 5.74) is 1.90. The molecule has 0 atom stereocenters. The summed E-state index contributed by atoms with van der Waals surface area (Å²) in [5.74, 6) is -0.948. The van der Waals surface area contributed by atoms with Gasteiger partial charge in [0.05, 0.1) is 16.2 Å². The van der Waals surface area contributed by atoms with E-state index in [0.29, 0.717) is 11.4 Å². The number of carbonyl (C=O) groups is 1. The highest BCUT2D eigenvalue weighted by molar-refractivity contribution is 5.88. The van der Waals surface area contributed by atoms with Crippen LogP contribution in [0.3, 0.4) is 0 Å². The second-order valence-corrected chi connectivity index (χ2v) is 5.19. The number of anilines is 2. The minimum atomic E-state index is -1.04. The van der Waals surface area contributed by atoms with Crippen molar-refractivity contribution in [3.05, 3.63) is 82.4 Å². The molecule has 0 saturated carbocycles. The van der Waals surface area contributed by atoms with Crippen LogP contribution in [0.2, 0.25) is 0 Å². The van der Waals surface area contributed by atoms with Crippen LogP contribution in [0.1, 0.15) is 10.4 Å². The lowest BCUT2D eigenvalue weighted by atomic mass is 10.1. The number of pyridine rings is 1. The van der Waals surface area contributed by atoms with Gasteiger partial charge in [0, 0.05) is 17.3 Å². The Morgan fingerprint density at radius 1 is 1.00 bits per heavy atom. The molecule has 3 rings (SSSR count). The average molecular weight is 335 g/mol. The summed E-state index contributed by atoms with van der Waals surface area (Å²) in [5, 5.41) is 23.1. The van der Waals surface area contributed by atoms with Crippen LogP contribution in [-0.2, 0) is 0 Å². The molecule has 0 saturated heterocycles. The lowest BCUT2D eigenvalue weighted by Gasteiger charge is -2.09. The van der Waals surface area contributed by atoms with E-state index in [0.717, 1.165) is 5.56 Å². The third-order valence-electron chi connectivity index (χ3n) is 3.53. The Labute approximate surface area is 142 Å². The van der Waals surface area contributed by atoms with Gasteiger partial charge in [-0.25, -0.2) is 9.78 Å². The number of carboxylic acid groups (broad SMARTS) is 1. The molecule has 0 aliphatic rings. The Kier molecular flexibility index (Phi) is 4.38. The summed E-state index contributed by atoms with van der Waals surface area (Å²) in [6.07, 6.45) is 0. The molecular formula is C18H13N3O4. The predicted octanol–water partition coefficient (Wildman–Crippen LogP) is 4.10. The van der Waals surface area contributed by atoms with Crippen molar-refractivity contribution in [2.24, 2.45) is 0 Å². The lowest BCUT2D eigenvalue weighted by Crippen LogP contribution is -2.01. The van der Waals surface area contributed by atoms with Crippen molar-refractivity contribution in [1.29, 1.82) is 0 Å². The van der Waals surface area contributed by atoms with Gasteiger partial charge in [0.1, 0.15) is 0 Å². The highest BCUT2D eigenvalue weighted by atomic mass is 16.6. The summed E-state index contributed by atoms with van der Waals surface area (Å²) >= 11 is 0. The van der Waals surface area contributed by atoms with Gasteiger partial charge in [-0.3, -0.25) is 10.1 Å². The van der Waals surface area contributed by atoms with Crippen molar-refractivity contribution >= 4 is 23.2 Å². The fraction of sp³-hybridized carbons (Fsp3) is 0. The van der Waals surface area contributed by atoms with E-state index >= 15 is 0 Å². The summed E-state index contributed by atoms with van der Waals surface area (Å²) in [6.45, 7) is 0. The smallest absolute Gasteiger partial charge is 0.335 e. The number of nitrogens with one attached hydrogen (secondary N) is 1. The summed E-state index contributed by atoms with van der Waals surface area (Å²) < 4.78 is 0. The van der Waals surface area contributed by atoms with Crippen LogP contribution in [0.4, 0.5) is 17.2 Å². The number of rotatable bonds is 5. The van der Waals surface area contributed by atoms with E-state index in [2.05, 4.69) is 10.3 Å². The molecule has 0 aliphatic carbocycles. The molecule has 0 spiro atoms. The second kappa shape index (κ2) is 6.79. The molecule has 1 heterocycles. The van der Waals surface area contributed by atoms with Gasteiger partial charge in [0.2, 0.25) is 5.82 Å². The van der Waals surface area contributed by atoms with Crippen LogP contribution in [-0.4, -0.2) is 21.0 Å². The van der Waals surface area contributed by atoms with Crippen molar-refractivity contribution in [3.8, 4) is 11.3 Å². The first-order valence-electron chi connectivity index (χ1n) is 7.36. The van der Waals surface area contributed by atoms with Crippen molar-refractivity contribution in [1.82, 2.24) is 4.98 Å². The zero-order valence-electron chi connectivity index (χ0n) is 12.9. The quantitative estimate of drug-likeness (QED) is 0.537. The van der Waals surface area contributed by atoms with Crippen molar-refractivity contribution in [3.63, 3.8) is 0 Å². The molecule has 0 unspecified atom stereocenters. The number of aromatic carboxylic acids is 1. The zero-order chi connectivity index (χ0) is 17.8. The number of aromatic nitrogens is 1. The van der Waals surface area contributed by atoms with E-state index in [9.17, 15) is 14.9 Å². The van der Waals surface area contributed by atoms with E-state index < -0.39 is 10.9 Å². The third kappa shape index (κ3) is 3.61. The van der Waals surface area contributed by atoms with E-state index in [4.69, 9.17) is 5.11 Å². The molecule has 3 aromatic rings. The Balaban J connectivity index is 1.98. The van der Waals surface area contributed by atoms with Crippen LogP contribution in [0.25, 0.3) is 11.3 Å². The summed E-state index contributed by atoms with van der Waals surface area (Å²) in [4.78, 5) is 26.0. The first kappa shape index (κ1) is 16.1. The van der Waals surface area contributed by atoms with Gasteiger partial charge in [-0.15, -0.1) is 0 Å². The van der Waals surface area contributed by atoms with Crippen molar-refractivity contribution in [2.45, 2.75) is 0 Å². The number of nitrogens with zero attached hydrogens (tertiary/aromatic N) is 2. The number of hydrogen-bond donors (Lipinski definition) is 2. The third-order valence-corrected chi connectivity index (χ3v) is 3.53. The standard InChI is InChI=1S/C18H13N3O4/c22-18(23)13-6-8-14(9-7-13)19-17-16(21(24)25)11-10-15(20-17)12-4-2-1-3-5-12/h1-11H,(H,19,20)(H,22,23). The molecule has 0 fully saturated rings. The monoisotopic (exact) mass is 335 g/mol. The topological polar surface area (TPSA) is 105 Å². The first-order valence-corrected chi connectivity index (χ1v) is 7.36. The van der Waals surface area contributed by atoms with Gasteiger partial charge in [-0.05, 0) is 30.3 Å². The number of benzene rings is 2. The maximum absolute atomic E-state index is 11.3. The van der Waals surface area contributed by atoms with Gasteiger partial charge in [-0.2, -0.15) is 0 Å². The number of carboxylic acids is 1. The molecule has 0 radical (unpaired) electrons. The highest BCUT2D eigenvalue weighted by Crippen LogP contribution is 2.29. The van der Waals surface area contributed by atoms with Crippen LogP contribution < -0.4 is 5.32 Å². The van der Waals surface area contributed by atoms with Crippen LogP contribution in [0, 0.1) is 10.1 Å². The molecular weight excluding hydrogens is 322 g/mol. The Morgan fingerprint density at radius 2 is 1.68 bits per heavy atom. The zero-order valence-corrected chi connectivity index (χ0v) is 12.9. The minimum Gasteiger partial charge on any atom is -0.478 e. The summed E-state index contributed by atoms with van der Waals surface area (Å²) in [7, 11) is 0. The minimum absolute atomic E-state index is 0.0921. The number of hydrogen-bond acceptors (Lipinski definition) is 5. The molecule has 124 valence electrons. The Hall–Kier alpha value is -3.74. The van der Waals surface area contributed by atoms with Crippen LogP contribution in [0.15, 0.2) is 66.7 Å². The highest BCUT2D eigenvalue weighted by Gasteiger charge is 2.17. The van der Waals surface area contributed by atoms with Crippen LogP contribution >= 0.6 is 0 Å². The summed E-state index contributed by atoms with van der Waals surface area (Å²) in [6, 6.07) is 18.2. The maximum Gasteiger partial charge on any atom is 0.335 e. The van der Waals surface area contributed by atoms with Gasteiger partial charge in [-0.1, -0.05) is 30.3 Å². The molecule has 2 N–H and O–H groups in total. The normalized spacial score (nSPS) is 10.2. The van der Waals surface area contributed by atoms with Crippen LogP contribution in [0.5, 0.6) is 0 Å². The van der Waals surface area contributed by atoms with E-state index in [1.807, 2.05) is 30.3 Å². The largest absolute Gasteiger partial charge is 0.478 e. The average Bonchev–Trinajstić information content (AvgIpc) is 2.62. The van der Waals surface area contributed by atoms with E-state index in [1.54, 1.807) is 6.07 Å². The fourth-order valence-corrected chi connectivity index (χ4v) is 2.29. The van der Waals surface area contributed by atoms with Gasteiger partial charge >= 0.3 is 11.7 Å². The predicted molar refractivity (Wildman–Crippen MR) is 93.0 cm³/mol. The van der Waals surface area contributed by atoms with E-state index in [-0.39, 0.29) is 17.1 Å².